The van der Waals surface area contributed by atoms with Crippen LogP contribution in [0.5, 0.6) is 11.5 Å². The van der Waals surface area contributed by atoms with Crippen molar-refractivity contribution in [3.63, 3.8) is 0 Å². The molecule has 1 atom stereocenters. The molecule has 0 aliphatic heterocycles. The van der Waals surface area contributed by atoms with Crippen LogP contribution < -0.4 is 19.1 Å². The van der Waals surface area contributed by atoms with Crippen LogP contribution in [0.25, 0.3) is 0 Å². The lowest BCUT2D eigenvalue weighted by Gasteiger charge is -2.34. The van der Waals surface area contributed by atoms with Crippen LogP contribution in [-0.4, -0.2) is 58.5 Å². The van der Waals surface area contributed by atoms with E-state index < -0.39 is 28.5 Å². The third-order valence-electron chi connectivity index (χ3n) is 7.47. The van der Waals surface area contributed by atoms with Crippen molar-refractivity contribution in [2.45, 2.75) is 37.8 Å². The van der Waals surface area contributed by atoms with E-state index in [9.17, 15) is 18.0 Å². The van der Waals surface area contributed by atoms with Gasteiger partial charge in [-0.25, -0.2) is 8.42 Å². The van der Waals surface area contributed by atoms with Gasteiger partial charge in [-0.05, 0) is 71.6 Å². The SMILES string of the molecule is COc1ccc(S(=O)(=O)N(CC(=O)N(Cc2cccc(OC)c2)[C@@H](Cc2ccccc2)C(=O)NCC(C)C)c2cccc(Cl)c2)cc1. The number of sulfonamides is 1. The second-order valence-electron chi connectivity index (χ2n) is 11.4. The zero-order valence-corrected chi connectivity index (χ0v) is 28.5. The van der Waals surface area contributed by atoms with Gasteiger partial charge in [-0.1, -0.05) is 74.0 Å². The van der Waals surface area contributed by atoms with E-state index in [1.54, 1.807) is 43.5 Å². The number of nitrogens with zero attached hydrogens (tertiary/aromatic N) is 2. The highest BCUT2D eigenvalue weighted by Crippen LogP contribution is 2.28. The number of nitrogens with one attached hydrogen (secondary N) is 1. The number of methoxy groups -OCH3 is 2. The van der Waals surface area contributed by atoms with Crippen molar-refractivity contribution in [2.75, 3.05) is 31.6 Å². The summed E-state index contributed by atoms with van der Waals surface area (Å²) in [5, 5.41) is 3.29. The number of hydrogen-bond acceptors (Lipinski definition) is 6. The normalized spacial score (nSPS) is 11.9. The van der Waals surface area contributed by atoms with Gasteiger partial charge in [0.1, 0.15) is 24.1 Å². The Morgan fingerprint density at radius 1 is 0.809 bits per heavy atom. The fourth-order valence-corrected chi connectivity index (χ4v) is 6.57. The van der Waals surface area contributed by atoms with Gasteiger partial charge in [-0.3, -0.25) is 13.9 Å². The van der Waals surface area contributed by atoms with Crippen LogP contribution in [-0.2, 0) is 32.6 Å². The molecule has 0 aliphatic carbocycles. The minimum atomic E-state index is -4.28. The first-order chi connectivity index (χ1) is 22.5. The molecule has 47 heavy (non-hydrogen) atoms. The molecular weight excluding hydrogens is 638 g/mol. The van der Waals surface area contributed by atoms with Crippen molar-refractivity contribution in [1.29, 1.82) is 0 Å². The summed E-state index contributed by atoms with van der Waals surface area (Å²) in [5.41, 5.74) is 1.75. The van der Waals surface area contributed by atoms with Gasteiger partial charge in [-0.15, -0.1) is 0 Å². The number of ether oxygens (including phenoxy) is 2. The summed E-state index contributed by atoms with van der Waals surface area (Å²) in [4.78, 5) is 29.9. The number of amides is 2. The molecule has 0 aliphatic rings. The summed E-state index contributed by atoms with van der Waals surface area (Å²) in [7, 11) is -1.25. The van der Waals surface area contributed by atoms with Gasteiger partial charge in [0.15, 0.2) is 0 Å². The molecule has 0 aromatic heterocycles. The smallest absolute Gasteiger partial charge is 0.264 e. The number of anilines is 1. The monoisotopic (exact) mass is 677 g/mol. The molecule has 2 amide bonds. The maximum atomic E-state index is 14.6. The lowest BCUT2D eigenvalue weighted by molar-refractivity contribution is -0.140. The van der Waals surface area contributed by atoms with Gasteiger partial charge in [0.2, 0.25) is 11.8 Å². The predicted octanol–water partition coefficient (Wildman–Crippen LogP) is 5.96. The first-order valence-electron chi connectivity index (χ1n) is 15.2. The Morgan fingerprint density at radius 2 is 1.47 bits per heavy atom. The Hall–Kier alpha value is -4.54. The van der Waals surface area contributed by atoms with Crippen LogP contribution in [0, 0.1) is 5.92 Å². The summed E-state index contributed by atoms with van der Waals surface area (Å²) in [6, 6.07) is 27.9. The van der Waals surface area contributed by atoms with Crippen molar-refractivity contribution in [3.8, 4) is 11.5 Å². The molecular formula is C36H40ClN3O6S. The molecule has 0 bridgehead atoms. The average Bonchev–Trinajstić information content (AvgIpc) is 3.08. The van der Waals surface area contributed by atoms with E-state index >= 15 is 0 Å². The molecule has 0 unspecified atom stereocenters. The zero-order valence-electron chi connectivity index (χ0n) is 26.9. The van der Waals surface area contributed by atoms with Crippen molar-refractivity contribution in [2.24, 2.45) is 5.92 Å². The largest absolute Gasteiger partial charge is 0.497 e. The van der Waals surface area contributed by atoms with Gasteiger partial charge in [0.25, 0.3) is 10.0 Å². The summed E-state index contributed by atoms with van der Waals surface area (Å²) in [6.45, 7) is 3.80. The average molecular weight is 678 g/mol. The molecule has 0 saturated heterocycles. The number of halogens is 1. The molecule has 0 radical (unpaired) electrons. The molecule has 248 valence electrons. The number of carbonyl (C=O) groups excluding carboxylic acids is 2. The molecule has 0 heterocycles. The highest BCUT2D eigenvalue weighted by atomic mass is 35.5. The van der Waals surface area contributed by atoms with Crippen LogP contribution in [0.1, 0.15) is 25.0 Å². The Kier molecular flexibility index (Phi) is 12.3. The number of hydrogen-bond donors (Lipinski definition) is 1. The van der Waals surface area contributed by atoms with Crippen molar-refractivity contribution in [3.05, 3.63) is 119 Å². The summed E-state index contributed by atoms with van der Waals surface area (Å²) in [6.07, 6.45) is 0.211. The van der Waals surface area contributed by atoms with E-state index in [-0.39, 0.29) is 35.4 Å². The van der Waals surface area contributed by atoms with E-state index in [0.29, 0.717) is 28.6 Å². The third kappa shape index (κ3) is 9.49. The van der Waals surface area contributed by atoms with Crippen LogP contribution in [0.15, 0.2) is 108 Å². The Balaban J connectivity index is 1.81. The van der Waals surface area contributed by atoms with Crippen LogP contribution in [0.4, 0.5) is 5.69 Å². The van der Waals surface area contributed by atoms with Gasteiger partial charge in [0.05, 0.1) is 24.8 Å². The van der Waals surface area contributed by atoms with Crippen molar-refractivity contribution >= 4 is 39.1 Å². The quantitative estimate of drug-likeness (QED) is 0.166. The second kappa shape index (κ2) is 16.3. The fraction of sp³-hybridized carbons (Fsp3) is 0.278. The molecule has 4 aromatic carbocycles. The first kappa shape index (κ1) is 35.3. The summed E-state index contributed by atoms with van der Waals surface area (Å²) in [5.74, 6) is 0.319. The summed E-state index contributed by atoms with van der Waals surface area (Å²) >= 11 is 6.30. The van der Waals surface area contributed by atoms with Gasteiger partial charge in [-0.2, -0.15) is 0 Å². The number of carbonyl (C=O) groups is 2. The lowest BCUT2D eigenvalue weighted by atomic mass is 10.0. The minimum Gasteiger partial charge on any atom is -0.497 e. The van der Waals surface area contributed by atoms with Gasteiger partial charge < -0.3 is 19.7 Å². The molecule has 11 heteroatoms. The standard InChI is InChI=1S/C36H40ClN3O6S/c1-26(2)23-38-36(42)34(21-27-10-6-5-7-11-27)39(24-28-12-8-15-32(20-28)46-4)35(41)25-40(30-14-9-13-29(37)22-30)47(43,44)33-18-16-31(45-3)17-19-33/h5-20,22,26,34H,21,23-25H2,1-4H3,(H,38,42)/t34-/m0/s1. The minimum absolute atomic E-state index is 0.0224. The maximum Gasteiger partial charge on any atom is 0.264 e. The highest BCUT2D eigenvalue weighted by molar-refractivity contribution is 7.92. The van der Waals surface area contributed by atoms with Crippen LogP contribution in [0.2, 0.25) is 5.02 Å². The third-order valence-corrected chi connectivity index (χ3v) is 9.49. The Morgan fingerprint density at radius 3 is 2.11 bits per heavy atom. The Bertz CT molecular complexity index is 1750. The topological polar surface area (TPSA) is 105 Å². The predicted molar refractivity (Wildman–Crippen MR) is 184 cm³/mol. The molecule has 0 fully saturated rings. The highest BCUT2D eigenvalue weighted by Gasteiger charge is 2.35. The maximum absolute atomic E-state index is 14.6. The van der Waals surface area contributed by atoms with E-state index in [1.807, 2.05) is 50.2 Å². The van der Waals surface area contributed by atoms with E-state index in [4.69, 9.17) is 21.1 Å². The van der Waals surface area contributed by atoms with E-state index in [1.165, 1.54) is 42.3 Å². The summed E-state index contributed by atoms with van der Waals surface area (Å²) < 4.78 is 40.0. The second-order valence-corrected chi connectivity index (χ2v) is 13.7. The van der Waals surface area contributed by atoms with E-state index in [2.05, 4.69) is 5.32 Å². The molecule has 1 N–H and O–H groups in total. The lowest BCUT2D eigenvalue weighted by Crippen LogP contribution is -2.53. The number of benzene rings is 4. The van der Waals surface area contributed by atoms with E-state index in [0.717, 1.165) is 9.87 Å². The van der Waals surface area contributed by atoms with Crippen LogP contribution >= 0.6 is 11.6 Å². The number of rotatable bonds is 15. The fourth-order valence-electron chi connectivity index (χ4n) is 4.98. The molecule has 4 aromatic rings. The molecule has 0 spiro atoms. The van der Waals surface area contributed by atoms with Crippen LogP contribution in [0.3, 0.4) is 0 Å². The van der Waals surface area contributed by atoms with Crippen molar-refractivity contribution in [1.82, 2.24) is 10.2 Å². The van der Waals surface area contributed by atoms with Gasteiger partial charge in [0, 0.05) is 24.5 Å². The van der Waals surface area contributed by atoms with Gasteiger partial charge >= 0.3 is 0 Å². The van der Waals surface area contributed by atoms with Crippen molar-refractivity contribution < 1.29 is 27.5 Å². The molecule has 9 nitrogen and oxygen atoms in total. The molecule has 4 rings (SSSR count). The Labute approximate surface area is 282 Å². The zero-order chi connectivity index (χ0) is 34.0. The molecule has 0 saturated carbocycles. The first-order valence-corrected chi connectivity index (χ1v) is 17.0.